The number of hydrogen-bond acceptors (Lipinski definition) is 3. The monoisotopic (exact) mass is 242 g/mol. The molecule has 0 bridgehead atoms. The van der Waals surface area contributed by atoms with Gasteiger partial charge in [0.2, 0.25) is 0 Å². The minimum Gasteiger partial charge on any atom is -0.313 e. The van der Waals surface area contributed by atoms with Crippen molar-refractivity contribution in [1.82, 2.24) is 10.2 Å². The summed E-state index contributed by atoms with van der Waals surface area (Å²) < 4.78 is 0. The summed E-state index contributed by atoms with van der Waals surface area (Å²) in [6.45, 7) is 8.49. The lowest BCUT2D eigenvalue weighted by Gasteiger charge is -2.30. The number of nitrogens with zero attached hydrogens (tertiary/aromatic N) is 1. The molecule has 2 heterocycles. The molecule has 2 aliphatic heterocycles. The van der Waals surface area contributed by atoms with Crippen LogP contribution >= 0.6 is 11.8 Å². The quantitative estimate of drug-likeness (QED) is 0.797. The Hall–Kier alpha value is 0.270. The van der Waals surface area contributed by atoms with Crippen molar-refractivity contribution in [3.8, 4) is 0 Å². The molecule has 16 heavy (non-hydrogen) atoms. The summed E-state index contributed by atoms with van der Waals surface area (Å²) in [7, 11) is 0. The van der Waals surface area contributed by atoms with Gasteiger partial charge in [0.15, 0.2) is 0 Å². The SMILES string of the molecule is CCCN(CC1CCCN1)C1CSC(C)C1. The predicted molar refractivity (Wildman–Crippen MR) is 73.2 cm³/mol. The minimum absolute atomic E-state index is 0.771. The molecule has 1 N–H and O–H groups in total. The summed E-state index contributed by atoms with van der Waals surface area (Å²) in [5.74, 6) is 1.36. The van der Waals surface area contributed by atoms with Gasteiger partial charge in [0.1, 0.15) is 0 Å². The number of nitrogens with one attached hydrogen (secondary N) is 1. The Bertz CT molecular complexity index is 204. The Morgan fingerprint density at radius 2 is 2.31 bits per heavy atom. The molecule has 0 aromatic carbocycles. The molecular weight excluding hydrogens is 216 g/mol. The zero-order valence-electron chi connectivity index (χ0n) is 10.7. The fourth-order valence-corrected chi connectivity index (χ4v) is 4.21. The van der Waals surface area contributed by atoms with E-state index in [1.165, 1.54) is 51.1 Å². The highest BCUT2D eigenvalue weighted by Gasteiger charge is 2.28. The van der Waals surface area contributed by atoms with Gasteiger partial charge in [-0.3, -0.25) is 4.90 Å². The first-order valence-corrected chi connectivity index (χ1v) is 7.93. The van der Waals surface area contributed by atoms with E-state index < -0.39 is 0 Å². The molecule has 0 aliphatic carbocycles. The molecule has 3 atom stereocenters. The molecule has 0 aromatic rings. The van der Waals surface area contributed by atoms with E-state index in [4.69, 9.17) is 0 Å². The minimum atomic E-state index is 0.771. The second kappa shape index (κ2) is 6.27. The van der Waals surface area contributed by atoms with Gasteiger partial charge in [-0.2, -0.15) is 11.8 Å². The molecule has 3 unspecified atom stereocenters. The van der Waals surface area contributed by atoms with Crippen LogP contribution in [0.25, 0.3) is 0 Å². The van der Waals surface area contributed by atoms with E-state index in [2.05, 4.69) is 35.8 Å². The molecule has 0 saturated carbocycles. The standard InChI is InChI=1S/C13H26N2S/c1-3-7-15(9-12-5-4-6-14-12)13-8-11(2)16-10-13/h11-14H,3-10H2,1-2H3. The second-order valence-electron chi connectivity index (χ2n) is 5.32. The van der Waals surface area contributed by atoms with Crippen LogP contribution < -0.4 is 5.32 Å². The zero-order chi connectivity index (χ0) is 11.4. The lowest BCUT2D eigenvalue weighted by Crippen LogP contribution is -2.44. The predicted octanol–water partition coefficient (Wildman–Crippen LogP) is 2.34. The summed E-state index contributed by atoms with van der Waals surface area (Å²) in [5, 5.41) is 4.51. The Kier molecular flexibility index (Phi) is 4.98. The van der Waals surface area contributed by atoms with Crippen LogP contribution in [-0.4, -0.2) is 47.6 Å². The molecule has 0 radical (unpaired) electrons. The third-order valence-electron chi connectivity index (χ3n) is 3.82. The van der Waals surface area contributed by atoms with Crippen molar-refractivity contribution in [3.63, 3.8) is 0 Å². The third kappa shape index (κ3) is 3.38. The lowest BCUT2D eigenvalue weighted by atomic mass is 10.1. The second-order valence-corrected chi connectivity index (χ2v) is 6.79. The molecular formula is C13H26N2S. The van der Waals surface area contributed by atoms with Crippen molar-refractivity contribution < 1.29 is 0 Å². The fourth-order valence-electron chi connectivity index (χ4n) is 2.95. The Labute approximate surface area is 105 Å². The van der Waals surface area contributed by atoms with Crippen molar-refractivity contribution in [1.29, 1.82) is 0 Å². The molecule has 2 nitrogen and oxygen atoms in total. The molecule has 2 rings (SSSR count). The van der Waals surface area contributed by atoms with Crippen LogP contribution in [0.4, 0.5) is 0 Å². The van der Waals surface area contributed by atoms with E-state index in [0.29, 0.717) is 0 Å². The topological polar surface area (TPSA) is 15.3 Å². The van der Waals surface area contributed by atoms with E-state index in [1.807, 2.05) is 0 Å². The smallest absolute Gasteiger partial charge is 0.0197 e. The molecule has 2 fully saturated rings. The van der Waals surface area contributed by atoms with Crippen molar-refractivity contribution in [2.75, 3.05) is 25.4 Å². The normalized spacial score (nSPS) is 35.1. The van der Waals surface area contributed by atoms with Gasteiger partial charge in [-0.1, -0.05) is 13.8 Å². The highest BCUT2D eigenvalue weighted by Crippen LogP contribution is 2.30. The van der Waals surface area contributed by atoms with Crippen LogP contribution in [0.1, 0.15) is 39.5 Å². The van der Waals surface area contributed by atoms with Crippen LogP contribution in [-0.2, 0) is 0 Å². The molecule has 94 valence electrons. The van der Waals surface area contributed by atoms with Crippen LogP contribution in [0.3, 0.4) is 0 Å². The van der Waals surface area contributed by atoms with Crippen molar-refractivity contribution >= 4 is 11.8 Å². The van der Waals surface area contributed by atoms with Gasteiger partial charge in [-0.25, -0.2) is 0 Å². The third-order valence-corrected chi connectivity index (χ3v) is 5.16. The van der Waals surface area contributed by atoms with Gasteiger partial charge in [-0.05, 0) is 38.8 Å². The molecule has 0 spiro atoms. The van der Waals surface area contributed by atoms with Gasteiger partial charge >= 0.3 is 0 Å². The van der Waals surface area contributed by atoms with Gasteiger partial charge in [-0.15, -0.1) is 0 Å². The van der Waals surface area contributed by atoms with E-state index in [9.17, 15) is 0 Å². The maximum absolute atomic E-state index is 3.63. The summed E-state index contributed by atoms with van der Waals surface area (Å²) in [4.78, 5) is 2.75. The Balaban J connectivity index is 1.83. The van der Waals surface area contributed by atoms with Crippen LogP contribution in [0.5, 0.6) is 0 Å². The maximum atomic E-state index is 3.63. The highest BCUT2D eigenvalue weighted by molar-refractivity contribution is 8.00. The molecule has 3 heteroatoms. The van der Waals surface area contributed by atoms with Crippen molar-refractivity contribution in [2.24, 2.45) is 0 Å². The number of thioether (sulfide) groups is 1. The fraction of sp³-hybridized carbons (Fsp3) is 1.00. The van der Waals surface area contributed by atoms with Crippen molar-refractivity contribution in [2.45, 2.75) is 56.9 Å². The molecule has 2 aliphatic rings. The number of hydrogen-bond donors (Lipinski definition) is 1. The highest BCUT2D eigenvalue weighted by atomic mass is 32.2. The van der Waals surface area contributed by atoms with Crippen LogP contribution in [0.2, 0.25) is 0 Å². The first-order chi connectivity index (χ1) is 7.79. The summed E-state index contributed by atoms with van der Waals surface area (Å²) in [6.07, 6.45) is 5.45. The summed E-state index contributed by atoms with van der Waals surface area (Å²) in [5.41, 5.74) is 0. The Morgan fingerprint density at radius 1 is 1.44 bits per heavy atom. The van der Waals surface area contributed by atoms with Crippen LogP contribution in [0, 0.1) is 0 Å². The summed E-state index contributed by atoms with van der Waals surface area (Å²) >= 11 is 2.16. The Morgan fingerprint density at radius 3 is 2.88 bits per heavy atom. The van der Waals surface area contributed by atoms with Gasteiger partial charge in [0.25, 0.3) is 0 Å². The summed E-state index contributed by atoms with van der Waals surface area (Å²) in [6, 6.07) is 1.62. The van der Waals surface area contributed by atoms with Gasteiger partial charge in [0.05, 0.1) is 0 Å². The van der Waals surface area contributed by atoms with Crippen LogP contribution in [0.15, 0.2) is 0 Å². The van der Waals surface area contributed by atoms with Crippen molar-refractivity contribution in [3.05, 3.63) is 0 Å². The lowest BCUT2D eigenvalue weighted by molar-refractivity contribution is 0.191. The average Bonchev–Trinajstić information content (AvgIpc) is 2.88. The largest absolute Gasteiger partial charge is 0.313 e. The molecule has 2 saturated heterocycles. The van der Waals surface area contributed by atoms with E-state index in [-0.39, 0.29) is 0 Å². The van der Waals surface area contributed by atoms with E-state index >= 15 is 0 Å². The van der Waals surface area contributed by atoms with E-state index in [0.717, 1.165) is 17.3 Å². The van der Waals surface area contributed by atoms with Gasteiger partial charge in [0, 0.05) is 29.6 Å². The van der Waals surface area contributed by atoms with Gasteiger partial charge < -0.3 is 5.32 Å². The van der Waals surface area contributed by atoms with E-state index in [1.54, 1.807) is 0 Å². The zero-order valence-corrected chi connectivity index (χ0v) is 11.6. The number of rotatable bonds is 5. The molecule has 0 aromatic heterocycles. The molecule has 0 amide bonds. The first-order valence-electron chi connectivity index (χ1n) is 6.88. The maximum Gasteiger partial charge on any atom is 0.0197 e. The first kappa shape index (κ1) is 12.7. The average molecular weight is 242 g/mol.